The second-order valence-corrected chi connectivity index (χ2v) is 16.6. The Morgan fingerprint density at radius 1 is 0.756 bits per heavy atom. The zero-order valence-electron chi connectivity index (χ0n) is 25.0. The van der Waals surface area contributed by atoms with Crippen molar-refractivity contribution in [1.29, 1.82) is 0 Å². The van der Waals surface area contributed by atoms with E-state index < -0.39 is 8.07 Å². The first kappa shape index (κ1) is 30.3. The zero-order valence-corrected chi connectivity index (χ0v) is 28.4. The molecule has 0 spiro atoms. The maximum Gasteiger partial charge on any atom is 0.178 e. The van der Waals surface area contributed by atoms with Crippen LogP contribution in [0.2, 0.25) is 19.6 Å². The summed E-state index contributed by atoms with van der Waals surface area (Å²) in [5.74, 6) is 0.738. The molecule has 4 aromatic carbocycles. The average Bonchev–Trinajstić information content (AvgIpc) is 3.64. The summed E-state index contributed by atoms with van der Waals surface area (Å²) in [4.78, 5) is 9.13. The second kappa shape index (κ2) is 12.7. The van der Waals surface area contributed by atoms with Crippen LogP contribution in [-0.2, 0) is 20.1 Å². The van der Waals surface area contributed by atoms with Gasteiger partial charge in [-0.25, -0.2) is 0 Å². The molecule has 8 rings (SSSR count). The SMILES string of the molecule is C[Si](C)(C)c1ccc2c(c1)oc1c(-c3nc4ccnnc4n3-c3ccccc3)[c-]ccc12.[Ir].[c-]1ccccc1-c1ccccn1. The van der Waals surface area contributed by atoms with Gasteiger partial charge in [0.25, 0.3) is 0 Å². The molecule has 4 heterocycles. The number of benzene rings is 4. The van der Waals surface area contributed by atoms with Gasteiger partial charge in [-0.3, -0.25) is 4.98 Å². The molecule has 8 heteroatoms. The summed E-state index contributed by atoms with van der Waals surface area (Å²) in [5.41, 5.74) is 6.97. The van der Waals surface area contributed by atoms with Gasteiger partial charge in [0.1, 0.15) is 11.1 Å². The maximum atomic E-state index is 6.46. The molecule has 8 aromatic rings. The summed E-state index contributed by atoms with van der Waals surface area (Å²) >= 11 is 0. The van der Waals surface area contributed by atoms with Gasteiger partial charge in [-0.1, -0.05) is 78.2 Å². The Balaban J connectivity index is 0.000000231. The molecule has 6 nitrogen and oxygen atoms in total. The van der Waals surface area contributed by atoms with E-state index in [-0.39, 0.29) is 20.1 Å². The van der Waals surface area contributed by atoms with Crippen molar-refractivity contribution in [1.82, 2.24) is 24.7 Å². The van der Waals surface area contributed by atoms with Gasteiger partial charge in [-0.2, -0.15) is 5.10 Å². The van der Waals surface area contributed by atoms with E-state index in [4.69, 9.17) is 9.40 Å². The molecule has 4 aromatic heterocycles. The topological polar surface area (TPSA) is 69.6 Å². The number of furan rings is 1. The molecule has 0 saturated heterocycles. The van der Waals surface area contributed by atoms with E-state index in [1.54, 1.807) is 12.4 Å². The molecule has 0 amide bonds. The van der Waals surface area contributed by atoms with E-state index >= 15 is 0 Å². The van der Waals surface area contributed by atoms with Gasteiger partial charge >= 0.3 is 0 Å². The largest absolute Gasteiger partial charge is 0.501 e. The Labute approximate surface area is 276 Å². The Morgan fingerprint density at radius 3 is 2.33 bits per heavy atom. The van der Waals surface area contributed by atoms with Crippen molar-refractivity contribution >= 4 is 46.4 Å². The summed E-state index contributed by atoms with van der Waals surface area (Å²) in [7, 11) is -1.45. The molecule has 0 fully saturated rings. The normalized spacial score (nSPS) is 11.3. The van der Waals surface area contributed by atoms with Gasteiger partial charge in [-0.15, -0.1) is 59.2 Å². The first-order valence-electron chi connectivity index (χ1n) is 14.5. The summed E-state index contributed by atoms with van der Waals surface area (Å²) < 4.78 is 8.48. The summed E-state index contributed by atoms with van der Waals surface area (Å²) in [6.45, 7) is 7.04. The molecule has 45 heavy (non-hydrogen) atoms. The average molecular weight is 780 g/mol. The molecule has 0 bridgehead atoms. The Morgan fingerprint density at radius 2 is 1.58 bits per heavy atom. The quantitative estimate of drug-likeness (QED) is 0.133. The van der Waals surface area contributed by atoms with E-state index in [1.807, 2.05) is 89.5 Å². The van der Waals surface area contributed by atoms with Crippen LogP contribution >= 0.6 is 0 Å². The maximum absolute atomic E-state index is 6.46. The van der Waals surface area contributed by atoms with E-state index in [0.29, 0.717) is 5.65 Å². The van der Waals surface area contributed by atoms with Crippen LogP contribution in [0.15, 0.2) is 126 Å². The Kier molecular flexibility index (Phi) is 8.54. The van der Waals surface area contributed by atoms with Crippen LogP contribution in [0.25, 0.3) is 61.4 Å². The van der Waals surface area contributed by atoms with Gasteiger partial charge < -0.3 is 14.0 Å². The third-order valence-electron chi connectivity index (χ3n) is 7.52. The monoisotopic (exact) mass is 780 g/mol. The van der Waals surface area contributed by atoms with Crippen molar-refractivity contribution in [3.63, 3.8) is 0 Å². The molecule has 0 aliphatic carbocycles. The number of pyridine rings is 1. The number of para-hydroxylation sites is 1. The third kappa shape index (κ3) is 6.00. The molecule has 223 valence electrons. The van der Waals surface area contributed by atoms with Crippen LogP contribution < -0.4 is 5.19 Å². The molecular formula is C37H29IrN5OSi-2. The van der Waals surface area contributed by atoms with Crippen LogP contribution in [0.4, 0.5) is 0 Å². The van der Waals surface area contributed by atoms with Crippen molar-refractivity contribution in [3.8, 4) is 28.3 Å². The number of hydrogen-bond donors (Lipinski definition) is 0. The number of fused-ring (bicyclic) bond motifs is 4. The number of rotatable bonds is 4. The smallest absolute Gasteiger partial charge is 0.178 e. The van der Waals surface area contributed by atoms with Crippen molar-refractivity contribution in [2.45, 2.75) is 19.6 Å². The Hall–Kier alpha value is -4.75. The minimum absolute atomic E-state index is 0. The Bertz CT molecular complexity index is 2170. The van der Waals surface area contributed by atoms with Gasteiger partial charge in [0.15, 0.2) is 5.65 Å². The van der Waals surface area contributed by atoms with Crippen LogP contribution in [0, 0.1) is 12.1 Å². The van der Waals surface area contributed by atoms with Gasteiger partial charge in [0, 0.05) is 37.4 Å². The summed E-state index contributed by atoms with van der Waals surface area (Å²) in [6, 6.07) is 42.8. The van der Waals surface area contributed by atoms with Crippen LogP contribution in [-0.4, -0.2) is 32.8 Å². The molecule has 1 radical (unpaired) electrons. The molecule has 0 aliphatic rings. The van der Waals surface area contributed by atoms with Crippen molar-refractivity contribution in [2.24, 2.45) is 0 Å². The third-order valence-corrected chi connectivity index (χ3v) is 9.56. The van der Waals surface area contributed by atoms with Gasteiger partial charge in [0.2, 0.25) is 0 Å². The van der Waals surface area contributed by atoms with E-state index in [0.717, 1.165) is 55.8 Å². The first-order chi connectivity index (χ1) is 21.5. The fourth-order valence-corrected chi connectivity index (χ4v) is 6.41. The predicted molar refractivity (Wildman–Crippen MR) is 180 cm³/mol. The minimum Gasteiger partial charge on any atom is -0.501 e. The van der Waals surface area contributed by atoms with Crippen LogP contribution in [0.3, 0.4) is 0 Å². The van der Waals surface area contributed by atoms with Crippen LogP contribution in [0.1, 0.15) is 0 Å². The van der Waals surface area contributed by atoms with Crippen LogP contribution in [0.5, 0.6) is 0 Å². The van der Waals surface area contributed by atoms with E-state index in [9.17, 15) is 0 Å². The van der Waals surface area contributed by atoms with Crippen molar-refractivity contribution in [2.75, 3.05) is 0 Å². The minimum atomic E-state index is -1.45. The van der Waals surface area contributed by atoms with E-state index in [1.165, 1.54) is 5.19 Å². The van der Waals surface area contributed by atoms with Gasteiger partial charge in [-0.05, 0) is 36.0 Å². The molecule has 0 unspecified atom stereocenters. The molecule has 0 saturated carbocycles. The van der Waals surface area contributed by atoms with Gasteiger partial charge in [0.05, 0.1) is 25.7 Å². The standard InChI is InChI=1S/C26H21N4OSi.C11H8N.Ir/c1-32(2,3)18-12-13-19-20-10-7-11-21(24(20)31-23(19)16-18)25-28-22-14-15-27-29-26(22)30(25)17-8-5-4-6-9-17;1-2-6-10(7-3-1)11-8-4-5-9-12-11;/h4-10,12-16H,1-3H3;1-6,8-9H;/q2*-1;. The predicted octanol–water partition coefficient (Wildman–Crippen LogP) is 8.27. The molecular weight excluding hydrogens is 751 g/mol. The molecule has 0 N–H and O–H groups in total. The number of imidazole rings is 1. The van der Waals surface area contributed by atoms with Crippen molar-refractivity contribution in [3.05, 3.63) is 134 Å². The molecule has 0 atom stereocenters. The summed E-state index contributed by atoms with van der Waals surface area (Å²) in [6.07, 6.45) is 3.45. The number of aromatic nitrogens is 5. The zero-order chi connectivity index (χ0) is 30.1. The fraction of sp³-hybridized carbons (Fsp3) is 0.0811. The number of hydrogen-bond acceptors (Lipinski definition) is 5. The second-order valence-electron chi connectivity index (χ2n) is 11.5. The fourth-order valence-electron chi connectivity index (χ4n) is 5.27. The molecule has 0 aliphatic heterocycles. The number of nitrogens with zero attached hydrogens (tertiary/aromatic N) is 5. The van der Waals surface area contributed by atoms with E-state index in [2.05, 4.69) is 71.2 Å². The first-order valence-corrected chi connectivity index (χ1v) is 18.0. The van der Waals surface area contributed by atoms with Crippen molar-refractivity contribution < 1.29 is 24.5 Å². The summed E-state index contributed by atoms with van der Waals surface area (Å²) in [5, 5.41) is 12.0.